The van der Waals surface area contributed by atoms with Gasteiger partial charge in [-0.1, -0.05) is 32.8 Å². The minimum atomic E-state index is 0.581. The molecule has 1 aliphatic carbocycles. The molecule has 1 aliphatic rings. The molecule has 0 saturated heterocycles. The molecule has 0 aromatic carbocycles. The van der Waals surface area contributed by atoms with Crippen LogP contribution in [-0.2, 0) is 0 Å². The first-order chi connectivity index (χ1) is 8.83. The van der Waals surface area contributed by atoms with Gasteiger partial charge in [-0.15, -0.1) is 11.3 Å². The van der Waals surface area contributed by atoms with Crippen molar-refractivity contribution in [2.45, 2.75) is 70.9 Å². The lowest BCUT2D eigenvalue weighted by Crippen LogP contribution is -2.35. The Bertz CT molecular complexity index is 312. The molecule has 1 unspecified atom stereocenters. The molecule has 1 nitrogen and oxygen atoms in total. The van der Waals surface area contributed by atoms with Crippen LogP contribution in [0, 0.1) is 5.92 Å². The number of hydrogen-bond acceptors (Lipinski definition) is 2. The van der Waals surface area contributed by atoms with E-state index in [9.17, 15) is 0 Å². The second kappa shape index (κ2) is 7.30. The molecule has 1 aromatic heterocycles. The predicted molar refractivity (Wildman–Crippen MR) is 81.1 cm³/mol. The third-order valence-corrected chi connectivity index (χ3v) is 5.26. The summed E-state index contributed by atoms with van der Waals surface area (Å²) in [6.07, 6.45) is 9.64. The Labute approximate surface area is 116 Å². The second-order valence-corrected chi connectivity index (χ2v) is 6.63. The molecule has 1 fully saturated rings. The van der Waals surface area contributed by atoms with Gasteiger partial charge in [0.15, 0.2) is 0 Å². The number of hydrogen-bond donors (Lipinski definition) is 1. The third kappa shape index (κ3) is 3.83. The van der Waals surface area contributed by atoms with Gasteiger partial charge in [0.05, 0.1) is 0 Å². The summed E-state index contributed by atoms with van der Waals surface area (Å²) in [5.74, 6) is 1.01. The van der Waals surface area contributed by atoms with Crippen LogP contribution in [0.4, 0.5) is 0 Å². The van der Waals surface area contributed by atoms with Gasteiger partial charge in [0.25, 0.3) is 0 Å². The van der Waals surface area contributed by atoms with Crippen molar-refractivity contribution in [2.24, 2.45) is 5.92 Å². The molecule has 1 atom stereocenters. The van der Waals surface area contributed by atoms with Gasteiger partial charge in [0.1, 0.15) is 0 Å². The lowest BCUT2D eigenvalue weighted by molar-refractivity contribution is 0.262. The van der Waals surface area contributed by atoms with E-state index in [0.29, 0.717) is 6.04 Å². The molecular formula is C16H27NS. The number of nitrogens with one attached hydrogen (secondary N) is 1. The SMILES string of the molecule is CCCC1CCC(NC(CC)c2cccs2)CC1. The smallest absolute Gasteiger partial charge is 0.0414 e. The molecule has 1 saturated carbocycles. The van der Waals surface area contributed by atoms with Crippen LogP contribution in [0.2, 0.25) is 0 Å². The van der Waals surface area contributed by atoms with E-state index < -0.39 is 0 Å². The van der Waals surface area contributed by atoms with Crippen molar-refractivity contribution in [2.75, 3.05) is 0 Å². The summed E-state index contributed by atoms with van der Waals surface area (Å²) in [7, 11) is 0. The van der Waals surface area contributed by atoms with E-state index in [1.165, 1.54) is 49.8 Å². The molecule has 2 heteroatoms. The van der Waals surface area contributed by atoms with Gasteiger partial charge < -0.3 is 5.32 Å². The molecule has 0 radical (unpaired) electrons. The molecule has 0 bridgehead atoms. The topological polar surface area (TPSA) is 12.0 Å². The Kier molecular flexibility index (Phi) is 5.71. The number of thiophene rings is 1. The standard InChI is InChI=1S/C16H27NS/c1-3-6-13-8-10-14(11-9-13)17-15(4-2)16-7-5-12-18-16/h5,7,12-15,17H,3-4,6,8-11H2,1-2H3. The maximum atomic E-state index is 3.88. The summed E-state index contributed by atoms with van der Waals surface area (Å²) in [4.78, 5) is 1.51. The lowest BCUT2D eigenvalue weighted by atomic mass is 9.83. The normalized spacial score (nSPS) is 26.1. The maximum absolute atomic E-state index is 3.88. The second-order valence-electron chi connectivity index (χ2n) is 5.65. The Hall–Kier alpha value is -0.340. The minimum absolute atomic E-state index is 0.581. The van der Waals surface area contributed by atoms with Gasteiger partial charge >= 0.3 is 0 Å². The molecule has 0 spiro atoms. The van der Waals surface area contributed by atoms with Crippen molar-refractivity contribution < 1.29 is 0 Å². The molecule has 1 N–H and O–H groups in total. The predicted octanol–water partition coefficient (Wildman–Crippen LogP) is 5.15. The average Bonchev–Trinajstić information content (AvgIpc) is 2.92. The first-order valence-electron chi connectivity index (χ1n) is 7.62. The van der Waals surface area contributed by atoms with Crippen molar-refractivity contribution in [1.29, 1.82) is 0 Å². The maximum Gasteiger partial charge on any atom is 0.0414 e. The Balaban J connectivity index is 1.80. The fourth-order valence-corrected chi connectivity index (χ4v) is 4.07. The zero-order chi connectivity index (χ0) is 12.8. The summed E-state index contributed by atoms with van der Waals surface area (Å²) in [5, 5.41) is 6.07. The molecule has 1 aromatic rings. The summed E-state index contributed by atoms with van der Waals surface area (Å²) in [6, 6.07) is 5.78. The molecule has 18 heavy (non-hydrogen) atoms. The monoisotopic (exact) mass is 265 g/mol. The van der Waals surface area contributed by atoms with Crippen LogP contribution >= 0.6 is 11.3 Å². The highest BCUT2D eigenvalue weighted by molar-refractivity contribution is 7.10. The van der Waals surface area contributed by atoms with E-state index in [2.05, 4.69) is 36.7 Å². The van der Waals surface area contributed by atoms with Gasteiger partial charge in [-0.3, -0.25) is 0 Å². The van der Waals surface area contributed by atoms with E-state index in [0.717, 1.165) is 12.0 Å². The van der Waals surface area contributed by atoms with Crippen molar-refractivity contribution in [3.63, 3.8) is 0 Å². The van der Waals surface area contributed by atoms with E-state index in [4.69, 9.17) is 0 Å². The number of rotatable bonds is 6. The molecule has 0 aliphatic heterocycles. The van der Waals surface area contributed by atoms with Gasteiger partial charge in [0, 0.05) is 17.0 Å². The molecule has 2 rings (SSSR count). The average molecular weight is 265 g/mol. The fraction of sp³-hybridized carbons (Fsp3) is 0.750. The molecule has 1 heterocycles. The third-order valence-electron chi connectivity index (χ3n) is 4.28. The van der Waals surface area contributed by atoms with Crippen LogP contribution < -0.4 is 5.32 Å². The Morgan fingerprint density at radius 1 is 1.28 bits per heavy atom. The fourth-order valence-electron chi connectivity index (χ4n) is 3.20. The highest BCUT2D eigenvalue weighted by Crippen LogP contribution is 2.30. The van der Waals surface area contributed by atoms with Gasteiger partial charge in [-0.2, -0.15) is 0 Å². The highest BCUT2D eigenvalue weighted by atomic mass is 32.1. The van der Waals surface area contributed by atoms with Crippen LogP contribution in [0.3, 0.4) is 0 Å². The van der Waals surface area contributed by atoms with Crippen LogP contribution in [0.1, 0.15) is 69.7 Å². The molecular weight excluding hydrogens is 238 g/mol. The molecule has 0 amide bonds. The van der Waals surface area contributed by atoms with Crippen LogP contribution in [-0.4, -0.2) is 6.04 Å². The Morgan fingerprint density at radius 2 is 2.06 bits per heavy atom. The summed E-state index contributed by atoms with van der Waals surface area (Å²) >= 11 is 1.89. The van der Waals surface area contributed by atoms with Crippen LogP contribution in [0.15, 0.2) is 17.5 Å². The van der Waals surface area contributed by atoms with Crippen LogP contribution in [0.25, 0.3) is 0 Å². The zero-order valence-electron chi connectivity index (χ0n) is 11.8. The van der Waals surface area contributed by atoms with Crippen molar-refractivity contribution in [1.82, 2.24) is 5.32 Å². The minimum Gasteiger partial charge on any atom is -0.306 e. The highest BCUT2D eigenvalue weighted by Gasteiger charge is 2.22. The zero-order valence-corrected chi connectivity index (χ0v) is 12.6. The quantitative estimate of drug-likeness (QED) is 0.750. The summed E-state index contributed by atoms with van der Waals surface area (Å²) in [5.41, 5.74) is 0. The van der Waals surface area contributed by atoms with Gasteiger partial charge in [-0.25, -0.2) is 0 Å². The first-order valence-corrected chi connectivity index (χ1v) is 8.50. The van der Waals surface area contributed by atoms with Crippen molar-refractivity contribution in [3.8, 4) is 0 Å². The van der Waals surface area contributed by atoms with E-state index in [1.807, 2.05) is 11.3 Å². The largest absolute Gasteiger partial charge is 0.306 e. The van der Waals surface area contributed by atoms with Crippen LogP contribution in [0.5, 0.6) is 0 Å². The van der Waals surface area contributed by atoms with Gasteiger partial charge in [0.2, 0.25) is 0 Å². The van der Waals surface area contributed by atoms with E-state index in [-0.39, 0.29) is 0 Å². The Morgan fingerprint density at radius 3 is 2.61 bits per heavy atom. The van der Waals surface area contributed by atoms with E-state index in [1.54, 1.807) is 0 Å². The van der Waals surface area contributed by atoms with Crippen molar-refractivity contribution >= 4 is 11.3 Å². The van der Waals surface area contributed by atoms with E-state index >= 15 is 0 Å². The van der Waals surface area contributed by atoms with Gasteiger partial charge in [-0.05, 0) is 49.5 Å². The summed E-state index contributed by atoms with van der Waals surface area (Å²) in [6.45, 7) is 4.61. The van der Waals surface area contributed by atoms with Crippen molar-refractivity contribution in [3.05, 3.63) is 22.4 Å². The lowest BCUT2D eigenvalue weighted by Gasteiger charge is -2.31. The first kappa shape index (κ1) is 14.1. The molecule has 102 valence electrons. The summed E-state index contributed by atoms with van der Waals surface area (Å²) < 4.78 is 0.